The Morgan fingerprint density at radius 2 is 2.10 bits per heavy atom. The van der Waals surface area contributed by atoms with Crippen LogP contribution in [0.2, 0.25) is 0 Å². The van der Waals surface area contributed by atoms with Gasteiger partial charge < -0.3 is 10.5 Å². The van der Waals surface area contributed by atoms with Crippen LogP contribution in [0.5, 0.6) is 5.75 Å². The quantitative estimate of drug-likeness (QED) is 0.916. The SMILES string of the molecule is COc1cc(CN)ccc1S(=O)(=O)N1CC(C)CC1C. The Kier molecular flexibility index (Phi) is 4.36. The molecule has 2 atom stereocenters. The Bertz CT molecular complexity index is 586. The second kappa shape index (κ2) is 5.71. The monoisotopic (exact) mass is 298 g/mol. The van der Waals surface area contributed by atoms with Gasteiger partial charge >= 0.3 is 0 Å². The first-order valence-corrected chi connectivity index (χ1v) is 8.23. The number of benzene rings is 1. The van der Waals surface area contributed by atoms with Crippen molar-refractivity contribution in [3.63, 3.8) is 0 Å². The predicted octanol–water partition coefficient (Wildman–Crippen LogP) is 1.57. The van der Waals surface area contributed by atoms with Crippen LogP contribution < -0.4 is 10.5 Å². The Labute approximate surface area is 120 Å². The predicted molar refractivity (Wildman–Crippen MR) is 78.0 cm³/mol. The van der Waals surface area contributed by atoms with Crippen LogP contribution in [-0.2, 0) is 16.6 Å². The number of methoxy groups -OCH3 is 1. The lowest BCUT2D eigenvalue weighted by Gasteiger charge is -2.22. The minimum absolute atomic E-state index is 0.0221. The number of nitrogens with two attached hydrogens (primary N) is 1. The molecule has 1 fully saturated rings. The highest BCUT2D eigenvalue weighted by molar-refractivity contribution is 7.89. The third-order valence-electron chi connectivity index (χ3n) is 3.78. The maximum absolute atomic E-state index is 12.8. The summed E-state index contributed by atoms with van der Waals surface area (Å²) in [4.78, 5) is 0.221. The van der Waals surface area contributed by atoms with E-state index in [4.69, 9.17) is 10.5 Å². The molecule has 1 saturated heterocycles. The number of ether oxygens (including phenoxy) is 1. The van der Waals surface area contributed by atoms with E-state index in [2.05, 4.69) is 6.92 Å². The summed E-state index contributed by atoms with van der Waals surface area (Å²) in [5, 5.41) is 0. The molecule has 1 heterocycles. The molecule has 0 aromatic heterocycles. The van der Waals surface area contributed by atoms with Crippen LogP contribution in [0.1, 0.15) is 25.8 Å². The summed E-state index contributed by atoms with van der Waals surface area (Å²) in [6.07, 6.45) is 0.891. The molecule has 1 aliphatic rings. The first-order chi connectivity index (χ1) is 9.40. The average Bonchev–Trinajstić information content (AvgIpc) is 2.77. The molecule has 2 N–H and O–H groups in total. The zero-order chi connectivity index (χ0) is 14.9. The number of hydrogen-bond donors (Lipinski definition) is 1. The molecule has 5 nitrogen and oxygen atoms in total. The van der Waals surface area contributed by atoms with Gasteiger partial charge in [-0.2, -0.15) is 4.31 Å². The van der Waals surface area contributed by atoms with Crippen molar-refractivity contribution in [1.82, 2.24) is 4.31 Å². The van der Waals surface area contributed by atoms with Crippen LogP contribution >= 0.6 is 0 Å². The molecular formula is C14H22N2O3S. The van der Waals surface area contributed by atoms with E-state index in [1.165, 1.54) is 7.11 Å². The number of sulfonamides is 1. The van der Waals surface area contributed by atoms with Gasteiger partial charge in [0.05, 0.1) is 7.11 Å². The van der Waals surface area contributed by atoms with Gasteiger partial charge in [-0.1, -0.05) is 13.0 Å². The van der Waals surface area contributed by atoms with Crippen LogP contribution in [0.25, 0.3) is 0 Å². The molecule has 112 valence electrons. The van der Waals surface area contributed by atoms with Gasteiger partial charge in [0, 0.05) is 19.1 Å². The first-order valence-electron chi connectivity index (χ1n) is 6.79. The van der Waals surface area contributed by atoms with E-state index in [1.54, 1.807) is 22.5 Å². The molecule has 0 amide bonds. The topological polar surface area (TPSA) is 72.6 Å². The highest BCUT2D eigenvalue weighted by atomic mass is 32.2. The summed E-state index contributed by atoms with van der Waals surface area (Å²) in [6.45, 7) is 4.93. The summed E-state index contributed by atoms with van der Waals surface area (Å²) in [7, 11) is -2.04. The van der Waals surface area contributed by atoms with Gasteiger partial charge in [-0.25, -0.2) is 8.42 Å². The smallest absolute Gasteiger partial charge is 0.247 e. The fourth-order valence-corrected chi connectivity index (χ4v) is 4.67. The normalized spacial score (nSPS) is 24.0. The van der Waals surface area contributed by atoms with Gasteiger partial charge in [0.25, 0.3) is 0 Å². The second-order valence-electron chi connectivity index (χ2n) is 5.45. The lowest BCUT2D eigenvalue weighted by atomic mass is 10.1. The summed E-state index contributed by atoms with van der Waals surface area (Å²) in [6, 6.07) is 5.04. The van der Waals surface area contributed by atoms with Gasteiger partial charge in [-0.3, -0.25) is 0 Å². The molecule has 20 heavy (non-hydrogen) atoms. The Hall–Kier alpha value is -1.11. The maximum atomic E-state index is 12.8. The molecule has 1 aliphatic heterocycles. The van der Waals surface area contributed by atoms with Crippen molar-refractivity contribution in [2.45, 2.75) is 37.8 Å². The van der Waals surface area contributed by atoms with Crippen LogP contribution in [0.3, 0.4) is 0 Å². The zero-order valence-corrected chi connectivity index (χ0v) is 13.0. The molecule has 1 aromatic carbocycles. The molecule has 2 unspecified atom stereocenters. The van der Waals surface area contributed by atoms with E-state index in [9.17, 15) is 8.42 Å². The fourth-order valence-electron chi connectivity index (χ4n) is 2.77. The lowest BCUT2D eigenvalue weighted by molar-refractivity contribution is 0.385. The maximum Gasteiger partial charge on any atom is 0.247 e. The van der Waals surface area contributed by atoms with E-state index in [1.807, 2.05) is 6.92 Å². The molecule has 0 radical (unpaired) electrons. The van der Waals surface area contributed by atoms with E-state index < -0.39 is 10.0 Å². The van der Waals surface area contributed by atoms with E-state index in [0.29, 0.717) is 24.8 Å². The van der Waals surface area contributed by atoms with Crippen LogP contribution in [-0.4, -0.2) is 32.4 Å². The van der Waals surface area contributed by atoms with Crippen molar-refractivity contribution in [1.29, 1.82) is 0 Å². The Balaban J connectivity index is 2.44. The number of rotatable bonds is 4. The summed E-state index contributed by atoms with van der Waals surface area (Å²) >= 11 is 0. The summed E-state index contributed by atoms with van der Waals surface area (Å²) in [5.41, 5.74) is 6.43. The molecular weight excluding hydrogens is 276 g/mol. The number of nitrogens with zero attached hydrogens (tertiary/aromatic N) is 1. The third-order valence-corrected chi connectivity index (χ3v) is 5.80. The van der Waals surface area contributed by atoms with E-state index in [0.717, 1.165) is 12.0 Å². The average molecular weight is 298 g/mol. The molecule has 2 rings (SSSR count). The van der Waals surface area contributed by atoms with Crippen LogP contribution in [0.4, 0.5) is 0 Å². The minimum Gasteiger partial charge on any atom is -0.495 e. The minimum atomic E-state index is -3.52. The molecule has 6 heteroatoms. The molecule has 0 spiro atoms. The lowest BCUT2D eigenvalue weighted by Crippen LogP contribution is -2.34. The van der Waals surface area contributed by atoms with Gasteiger partial charge in [-0.15, -0.1) is 0 Å². The fraction of sp³-hybridized carbons (Fsp3) is 0.571. The Morgan fingerprint density at radius 3 is 2.60 bits per heavy atom. The van der Waals surface area contributed by atoms with Crippen LogP contribution in [0.15, 0.2) is 23.1 Å². The summed E-state index contributed by atoms with van der Waals surface area (Å²) in [5.74, 6) is 0.744. The van der Waals surface area contributed by atoms with E-state index >= 15 is 0 Å². The van der Waals surface area contributed by atoms with E-state index in [-0.39, 0.29) is 10.9 Å². The first kappa shape index (κ1) is 15.3. The van der Waals surface area contributed by atoms with Gasteiger partial charge in [0.2, 0.25) is 10.0 Å². The molecule has 0 saturated carbocycles. The van der Waals surface area contributed by atoms with Gasteiger partial charge in [0.15, 0.2) is 0 Å². The molecule has 0 bridgehead atoms. The Morgan fingerprint density at radius 1 is 1.40 bits per heavy atom. The second-order valence-corrected chi connectivity index (χ2v) is 7.31. The standard InChI is InChI=1S/C14H22N2O3S/c1-10-6-11(2)16(9-10)20(17,18)14-5-4-12(8-15)7-13(14)19-3/h4-5,7,10-11H,6,8-9,15H2,1-3H3. The highest BCUT2D eigenvalue weighted by Crippen LogP contribution is 2.33. The highest BCUT2D eigenvalue weighted by Gasteiger charge is 2.37. The van der Waals surface area contributed by atoms with Crippen molar-refractivity contribution < 1.29 is 13.2 Å². The summed E-state index contributed by atoms with van der Waals surface area (Å²) < 4.78 is 32.4. The van der Waals surface area contributed by atoms with Crippen LogP contribution in [0, 0.1) is 5.92 Å². The largest absolute Gasteiger partial charge is 0.495 e. The molecule has 1 aromatic rings. The van der Waals surface area contributed by atoms with Crippen molar-refractivity contribution in [2.75, 3.05) is 13.7 Å². The van der Waals surface area contributed by atoms with Gasteiger partial charge in [0.1, 0.15) is 10.6 Å². The van der Waals surface area contributed by atoms with Crippen molar-refractivity contribution >= 4 is 10.0 Å². The van der Waals surface area contributed by atoms with Crippen molar-refractivity contribution in [2.24, 2.45) is 11.7 Å². The number of hydrogen-bond acceptors (Lipinski definition) is 4. The zero-order valence-electron chi connectivity index (χ0n) is 12.2. The van der Waals surface area contributed by atoms with Crippen molar-refractivity contribution in [3.05, 3.63) is 23.8 Å². The third kappa shape index (κ3) is 2.68. The van der Waals surface area contributed by atoms with Gasteiger partial charge in [-0.05, 0) is 37.0 Å². The molecule has 0 aliphatic carbocycles. The van der Waals surface area contributed by atoms with Crippen molar-refractivity contribution in [3.8, 4) is 5.75 Å².